The fourth-order valence-electron chi connectivity index (χ4n) is 4.45. The zero-order valence-electron chi connectivity index (χ0n) is 22.0. The Kier molecular flexibility index (Phi) is 9.47. The summed E-state index contributed by atoms with van der Waals surface area (Å²) in [4.78, 5) is 26.7. The maximum absolute atomic E-state index is 13.3. The van der Waals surface area contributed by atoms with Crippen LogP contribution < -0.4 is 0 Å². The highest BCUT2D eigenvalue weighted by atomic mass is 16.6. The Morgan fingerprint density at radius 3 is 1.18 bits per heavy atom. The molecule has 0 saturated heterocycles. The number of rotatable bonds is 11. The molecule has 0 N–H and O–H groups in total. The van der Waals surface area contributed by atoms with Crippen LogP contribution in [-0.2, 0) is 22.3 Å². The fourth-order valence-corrected chi connectivity index (χ4v) is 4.45. The van der Waals surface area contributed by atoms with E-state index in [0.717, 1.165) is 36.8 Å². The molecule has 0 spiro atoms. The van der Waals surface area contributed by atoms with Crippen LogP contribution in [0.3, 0.4) is 0 Å². The summed E-state index contributed by atoms with van der Waals surface area (Å²) in [7, 11) is 0. The van der Waals surface area contributed by atoms with Gasteiger partial charge in [0, 0.05) is 0 Å². The second kappa shape index (κ2) is 13.4. The number of carbonyl (C=O) groups is 2. The van der Waals surface area contributed by atoms with Gasteiger partial charge >= 0.3 is 11.9 Å². The van der Waals surface area contributed by atoms with Gasteiger partial charge in [0.15, 0.2) is 12.2 Å². The molecule has 0 fully saturated rings. The van der Waals surface area contributed by atoms with Gasteiger partial charge in [-0.25, -0.2) is 9.59 Å². The first-order chi connectivity index (χ1) is 18.6. The van der Waals surface area contributed by atoms with E-state index in [0.29, 0.717) is 11.1 Å². The van der Waals surface area contributed by atoms with E-state index in [4.69, 9.17) is 9.47 Å². The Bertz CT molecular complexity index is 1190. The molecule has 0 radical (unpaired) electrons. The first-order valence-electron chi connectivity index (χ1n) is 13.3. The summed E-state index contributed by atoms with van der Waals surface area (Å²) in [6, 6.07) is 33.8. The highest BCUT2D eigenvalue weighted by molar-refractivity contribution is 5.90. The van der Waals surface area contributed by atoms with E-state index in [9.17, 15) is 9.59 Å². The van der Waals surface area contributed by atoms with E-state index in [-0.39, 0.29) is 0 Å². The van der Waals surface area contributed by atoms with E-state index in [1.807, 2.05) is 84.9 Å². The predicted molar refractivity (Wildman–Crippen MR) is 150 cm³/mol. The van der Waals surface area contributed by atoms with E-state index < -0.39 is 24.1 Å². The zero-order valence-corrected chi connectivity index (χ0v) is 22.0. The van der Waals surface area contributed by atoms with Crippen LogP contribution in [0.4, 0.5) is 0 Å². The van der Waals surface area contributed by atoms with Crippen molar-refractivity contribution in [3.8, 4) is 0 Å². The first-order valence-corrected chi connectivity index (χ1v) is 13.3. The van der Waals surface area contributed by atoms with Crippen LogP contribution in [0, 0.1) is 0 Å². The van der Waals surface area contributed by atoms with Gasteiger partial charge < -0.3 is 9.47 Å². The van der Waals surface area contributed by atoms with E-state index in [1.54, 1.807) is 24.3 Å². The van der Waals surface area contributed by atoms with Gasteiger partial charge in [-0.2, -0.15) is 0 Å². The standard InChI is InChI=1S/C34H34O4/c1-3-11-25-17-21-29(22-18-25)33(35)37-31(27-13-7-5-8-14-27)32(28-15-9-6-10-16-28)38-34(36)30-23-19-26(12-4-2)20-24-30/h5-10,13-24,31-32H,3-4,11-12H2,1-2H3/t31-,32-/m1/s1. The van der Waals surface area contributed by atoms with Gasteiger partial charge in [0.1, 0.15) is 0 Å². The molecule has 0 amide bonds. The van der Waals surface area contributed by atoms with Crippen LogP contribution in [-0.4, -0.2) is 11.9 Å². The minimum atomic E-state index is -0.843. The van der Waals surface area contributed by atoms with Gasteiger partial charge in [0.2, 0.25) is 0 Å². The molecule has 4 aromatic rings. The summed E-state index contributed by atoms with van der Waals surface area (Å²) in [6.07, 6.45) is 2.28. The third kappa shape index (κ3) is 6.98. The number of esters is 2. The number of aryl methyl sites for hydroxylation is 2. The average molecular weight is 507 g/mol. The van der Waals surface area contributed by atoms with E-state index >= 15 is 0 Å². The average Bonchev–Trinajstić information content (AvgIpc) is 2.97. The van der Waals surface area contributed by atoms with Crippen LogP contribution in [0.2, 0.25) is 0 Å². The van der Waals surface area contributed by atoms with Crippen molar-refractivity contribution in [2.24, 2.45) is 0 Å². The Labute approximate surface area is 225 Å². The second-order valence-corrected chi connectivity index (χ2v) is 9.37. The van der Waals surface area contributed by atoms with Gasteiger partial charge in [0.25, 0.3) is 0 Å². The summed E-state index contributed by atoms with van der Waals surface area (Å²) in [6.45, 7) is 4.24. The molecule has 2 atom stereocenters. The van der Waals surface area contributed by atoms with Gasteiger partial charge in [-0.15, -0.1) is 0 Å². The molecule has 0 bridgehead atoms. The number of carbonyl (C=O) groups excluding carboxylic acids is 2. The Balaban J connectivity index is 1.66. The van der Waals surface area contributed by atoms with Crippen molar-refractivity contribution in [3.05, 3.63) is 143 Å². The first kappa shape index (κ1) is 26.9. The Hall–Kier alpha value is -4.18. The number of benzene rings is 4. The smallest absolute Gasteiger partial charge is 0.338 e. The summed E-state index contributed by atoms with van der Waals surface area (Å²) in [5, 5.41) is 0. The minimum Gasteiger partial charge on any atom is -0.450 e. The molecule has 0 heterocycles. The van der Waals surface area contributed by atoms with Crippen molar-refractivity contribution in [3.63, 3.8) is 0 Å². The van der Waals surface area contributed by atoms with Crippen LogP contribution in [0.1, 0.15) is 81.9 Å². The molecule has 4 aromatic carbocycles. The van der Waals surface area contributed by atoms with Gasteiger partial charge in [-0.1, -0.05) is 112 Å². The number of hydrogen-bond acceptors (Lipinski definition) is 4. The fraction of sp³-hybridized carbons (Fsp3) is 0.235. The molecule has 0 aromatic heterocycles. The second-order valence-electron chi connectivity index (χ2n) is 9.37. The largest absolute Gasteiger partial charge is 0.450 e. The lowest BCUT2D eigenvalue weighted by Crippen LogP contribution is -2.23. The molecular formula is C34H34O4. The predicted octanol–water partition coefficient (Wildman–Crippen LogP) is 8.09. The molecule has 4 rings (SSSR count). The minimum absolute atomic E-state index is 0.454. The molecule has 0 aliphatic carbocycles. The van der Waals surface area contributed by atoms with Crippen LogP contribution in [0.5, 0.6) is 0 Å². The molecule has 0 aliphatic heterocycles. The summed E-state index contributed by atoms with van der Waals surface area (Å²) < 4.78 is 12.2. The lowest BCUT2D eigenvalue weighted by molar-refractivity contribution is -0.0388. The summed E-state index contributed by atoms with van der Waals surface area (Å²) in [5.41, 5.74) is 4.73. The van der Waals surface area contributed by atoms with Crippen molar-refractivity contribution in [1.29, 1.82) is 0 Å². The van der Waals surface area contributed by atoms with Crippen molar-refractivity contribution in [2.75, 3.05) is 0 Å². The molecule has 0 aliphatic rings. The molecular weight excluding hydrogens is 472 g/mol. The molecule has 0 unspecified atom stereocenters. The van der Waals surface area contributed by atoms with Crippen molar-refractivity contribution < 1.29 is 19.1 Å². The molecule has 38 heavy (non-hydrogen) atoms. The maximum atomic E-state index is 13.3. The normalized spacial score (nSPS) is 12.4. The van der Waals surface area contributed by atoms with E-state index in [2.05, 4.69) is 13.8 Å². The third-order valence-corrected chi connectivity index (χ3v) is 6.46. The quantitative estimate of drug-likeness (QED) is 0.193. The SMILES string of the molecule is CCCc1ccc(C(=O)O[C@H](c2ccccc2)[C@H](OC(=O)c2ccc(CCC)cc2)c2ccccc2)cc1. The maximum Gasteiger partial charge on any atom is 0.338 e. The van der Waals surface area contributed by atoms with Crippen molar-refractivity contribution >= 4 is 11.9 Å². The van der Waals surface area contributed by atoms with E-state index in [1.165, 1.54) is 11.1 Å². The summed E-state index contributed by atoms with van der Waals surface area (Å²) in [5.74, 6) is -0.939. The lowest BCUT2D eigenvalue weighted by atomic mass is 9.97. The Morgan fingerprint density at radius 1 is 0.526 bits per heavy atom. The Morgan fingerprint density at radius 2 is 0.868 bits per heavy atom. The highest BCUT2D eigenvalue weighted by Gasteiger charge is 2.32. The van der Waals surface area contributed by atoms with Crippen LogP contribution >= 0.6 is 0 Å². The van der Waals surface area contributed by atoms with Gasteiger partial charge in [-0.05, 0) is 59.4 Å². The van der Waals surface area contributed by atoms with Crippen molar-refractivity contribution in [2.45, 2.75) is 51.7 Å². The van der Waals surface area contributed by atoms with Crippen molar-refractivity contribution in [1.82, 2.24) is 0 Å². The van der Waals surface area contributed by atoms with Crippen LogP contribution in [0.15, 0.2) is 109 Å². The van der Waals surface area contributed by atoms with Crippen LogP contribution in [0.25, 0.3) is 0 Å². The molecule has 194 valence electrons. The topological polar surface area (TPSA) is 52.6 Å². The number of hydrogen-bond donors (Lipinski definition) is 0. The molecule has 0 saturated carbocycles. The van der Waals surface area contributed by atoms with Gasteiger partial charge in [-0.3, -0.25) is 0 Å². The highest BCUT2D eigenvalue weighted by Crippen LogP contribution is 2.36. The zero-order chi connectivity index (χ0) is 26.7. The number of ether oxygens (including phenoxy) is 2. The third-order valence-electron chi connectivity index (χ3n) is 6.46. The van der Waals surface area contributed by atoms with Gasteiger partial charge in [0.05, 0.1) is 11.1 Å². The monoisotopic (exact) mass is 506 g/mol. The molecule has 4 nitrogen and oxygen atoms in total. The summed E-state index contributed by atoms with van der Waals surface area (Å²) >= 11 is 0. The molecule has 4 heteroatoms. The lowest BCUT2D eigenvalue weighted by Gasteiger charge is -2.28.